The lowest BCUT2D eigenvalue weighted by atomic mass is 10.1. The highest BCUT2D eigenvalue weighted by Gasteiger charge is 2.28. The third kappa shape index (κ3) is 4.28. The Hall–Kier alpha value is -3.02. The molecular formula is C24H25FN4O4S2. The first kappa shape index (κ1) is 23.7. The molecule has 0 amide bonds. The fourth-order valence-corrected chi connectivity index (χ4v) is 7.07. The molecule has 0 unspecified atom stereocenters. The van der Waals surface area contributed by atoms with Crippen molar-refractivity contribution in [3.63, 3.8) is 0 Å². The number of benzene rings is 2. The Labute approximate surface area is 203 Å². The summed E-state index contributed by atoms with van der Waals surface area (Å²) in [6.45, 7) is 2.51. The van der Waals surface area contributed by atoms with Gasteiger partial charge in [-0.3, -0.25) is 4.68 Å². The van der Waals surface area contributed by atoms with Crippen LogP contribution in [0.15, 0.2) is 72.0 Å². The van der Waals surface area contributed by atoms with Gasteiger partial charge in [0.25, 0.3) is 10.0 Å². The Morgan fingerprint density at radius 1 is 1.00 bits per heavy atom. The van der Waals surface area contributed by atoms with Gasteiger partial charge >= 0.3 is 0 Å². The molecule has 5 rings (SSSR count). The second kappa shape index (κ2) is 8.89. The first-order chi connectivity index (χ1) is 16.7. The van der Waals surface area contributed by atoms with Gasteiger partial charge in [0.1, 0.15) is 5.82 Å². The summed E-state index contributed by atoms with van der Waals surface area (Å²) in [5.74, 6) is -0.448. The van der Waals surface area contributed by atoms with E-state index in [0.29, 0.717) is 42.4 Å². The van der Waals surface area contributed by atoms with Crippen LogP contribution in [0, 0.1) is 5.82 Å². The molecule has 4 aromatic rings. The van der Waals surface area contributed by atoms with E-state index in [0.717, 1.165) is 3.97 Å². The first-order valence-electron chi connectivity index (χ1n) is 11.3. The van der Waals surface area contributed by atoms with E-state index in [1.807, 2.05) is 10.9 Å². The fourth-order valence-electron chi connectivity index (χ4n) is 4.55. The zero-order valence-corrected chi connectivity index (χ0v) is 20.7. The molecule has 2 aromatic carbocycles. The van der Waals surface area contributed by atoms with Gasteiger partial charge in [0.05, 0.1) is 28.4 Å². The Morgan fingerprint density at radius 2 is 1.71 bits per heavy atom. The van der Waals surface area contributed by atoms with Crippen molar-refractivity contribution in [2.75, 3.05) is 18.8 Å². The molecule has 1 aliphatic rings. The van der Waals surface area contributed by atoms with E-state index < -0.39 is 25.9 Å². The highest BCUT2D eigenvalue weighted by Crippen LogP contribution is 2.34. The molecule has 1 saturated heterocycles. The highest BCUT2D eigenvalue weighted by molar-refractivity contribution is 7.90. The van der Waals surface area contributed by atoms with Crippen molar-refractivity contribution >= 4 is 30.9 Å². The normalized spacial score (nSPS) is 16.2. The lowest BCUT2D eigenvalue weighted by Gasteiger charge is -2.31. The molecular weight excluding hydrogens is 491 g/mol. The molecule has 0 spiro atoms. The minimum absolute atomic E-state index is 0.0332. The van der Waals surface area contributed by atoms with E-state index in [2.05, 4.69) is 5.10 Å². The van der Waals surface area contributed by atoms with Gasteiger partial charge in [-0.15, -0.1) is 0 Å². The van der Waals surface area contributed by atoms with Crippen LogP contribution in [0.3, 0.4) is 0 Å². The molecule has 2 aromatic heterocycles. The highest BCUT2D eigenvalue weighted by atomic mass is 32.2. The lowest BCUT2D eigenvalue weighted by Crippen LogP contribution is -2.39. The summed E-state index contributed by atoms with van der Waals surface area (Å²) in [5, 5.41) is 5.09. The molecule has 0 bridgehead atoms. The average molecular weight is 517 g/mol. The third-order valence-corrected chi connectivity index (χ3v) is 10.1. The summed E-state index contributed by atoms with van der Waals surface area (Å²) in [7, 11) is -7.16. The van der Waals surface area contributed by atoms with Gasteiger partial charge in [-0.25, -0.2) is 29.5 Å². The SMILES string of the molecule is CCS(=O)(=O)N1CCC(n2cc(-c3cn(S(=O)(=O)c4ccccc4)c4cc(F)ccc34)cn2)CC1. The maximum Gasteiger partial charge on any atom is 0.268 e. The number of nitrogens with zero attached hydrogens (tertiary/aromatic N) is 4. The van der Waals surface area contributed by atoms with Crippen LogP contribution in [0.4, 0.5) is 4.39 Å². The standard InChI is InChI=1S/C24H25FN4O4S2/c1-2-34(30,31)27-12-10-20(11-13-27)28-16-18(15-26-28)23-17-29(24-14-19(25)8-9-22(23)24)35(32,33)21-6-4-3-5-7-21/h3-9,14-17,20H,2,10-13H2,1H3. The zero-order chi connectivity index (χ0) is 24.8. The van der Waals surface area contributed by atoms with Crippen molar-refractivity contribution < 1.29 is 21.2 Å². The van der Waals surface area contributed by atoms with Gasteiger partial charge in [-0.05, 0) is 50.1 Å². The Morgan fingerprint density at radius 3 is 2.40 bits per heavy atom. The van der Waals surface area contributed by atoms with Gasteiger partial charge < -0.3 is 0 Å². The van der Waals surface area contributed by atoms with E-state index in [9.17, 15) is 21.2 Å². The minimum Gasteiger partial charge on any atom is -0.269 e. The van der Waals surface area contributed by atoms with Crippen LogP contribution >= 0.6 is 0 Å². The fraction of sp³-hybridized carbons (Fsp3) is 0.292. The van der Waals surface area contributed by atoms with Crippen LogP contribution in [0.25, 0.3) is 22.0 Å². The second-order valence-electron chi connectivity index (χ2n) is 8.56. The number of halogens is 1. The van der Waals surface area contributed by atoms with Crippen molar-refractivity contribution in [3.05, 3.63) is 72.9 Å². The van der Waals surface area contributed by atoms with Crippen LogP contribution in [0.1, 0.15) is 25.8 Å². The van der Waals surface area contributed by atoms with Gasteiger partial charge in [0, 0.05) is 42.0 Å². The monoisotopic (exact) mass is 516 g/mol. The molecule has 184 valence electrons. The maximum absolute atomic E-state index is 14.1. The smallest absolute Gasteiger partial charge is 0.268 e. The van der Waals surface area contributed by atoms with Crippen LogP contribution in [0.2, 0.25) is 0 Å². The summed E-state index contributed by atoms with van der Waals surface area (Å²) in [6.07, 6.45) is 6.27. The number of rotatable bonds is 6. The molecule has 8 nitrogen and oxygen atoms in total. The first-order valence-corrected chi connectivity index (χ1v) is 14.4. The van der Waals surface area contributed by atoms with E-state index >= 15 is 0 Å². The average Bonchev–Trinajstić information content (AvgIpc) is 3.50. The van der Waals surface area contributed by atoms with Gasteiger partial charge in [-0.1, -0.05) is 18.2 Å². The predicted octanol–water partition coefficient (Wildman–Crippen LogP) is 3.87. The van der Waals surface area contributed by atoms with E-state index in [1.165, 1.54) is 34.8 Å². The Kier molecular flexibility index (Phi) is 6.02. The summed E-state index contributed by atoms with van der Waals surface area (Å²) >= 11 is 0. The maximum atomic E-state index is 14.1. The lowest BCUT2D eigenvalue weighted by molar-refractivity contribution is 0.261. The summed E-state index contributed by atoms with van der Waals surface area (Å²) in [5.41, 5.74) is 1.57. The topological polar surface area (TPSA) is 94.3 Å². The van der Waals surface area contributed by atoms with Crippen LogP contribution < -0.4 is 0 Å². The minimum atomic E-state index is -3.95. The van der Waals surface area contributed by atoms with Crippen molar-refractivity contribution in [1.29, 1.82) is 0 Å². The molecule has 35 heavy (non-hydrogen) atoms. The molecule has 11 heteroatoms. The number of aromatic nitrogens is 3. The van der Waals surface area contributed by atoms with Crippen molar-refractivity contribution in [3.8, 4) is 11.1 Å². The van der Waals surface area contributed by atoms with E-state index in [-0.39, 0.29) is 22.2 Å². The number of piperidine rings is 1. The van der Waals surface area contributed by atoms with Crippen molar-refractivity contribution in [1.82, 2.24) is 18.1 Å². The van der Waals surface area contributed by atoms with Crippen molar-refractivity contribution in [2.24, 2.45) is 0 Å². The molecule has 1 aliphatic heterocycles. The molecule has 0 N–H and O–H groups in total. The van der Waals surface area contributed by atoms with Crippen molar-refractivity contribution in [2.45, 2.75) is 30.7 Å². The van der Waals surface area contributed by atoms with Gasteiger partial charge in [0.15, 0.2) is 0 Å². The number of hydrogen-bond donors (Lipinski definition) is 0. The van der Waals surface area contributed by atoms with Crippen LogP contribution in [0.5, 0.6) is 0 Å². The summed E-state index contributed by atoms with van der Waals surface area (Å²) in [4.78, 5) is 0.109. The molecule has 3 heterocycles. The summed E-state index contributed by atoms with van der Waals surface area (Å²) in [6, 6.07) is 12.1. The Bertz CT molecular complexity index is 1590. The molecule has 0 radical (unpaired) electrons. The number of fused-ring (bicyclic) bond motifs is 1. The third-order valence-electron chi connectivity index (χ3n) is 6.50. The Balaban J connectivity index is 1.51. The van der Waals surface area contributed by atoms with E-state index in [1.54, 1.807) is 37.4 Å². The quantitative estimate of drug-likeness (QED) is 0.388. The van der Waals surface area contributed by atoms with Crippen LogP contribution in [-0.2, 0) is 20.0 Å². The molecule has 0 saturated carbocycles. The number of hydrogen-bond acceptors (Lipinski definition) is 5. The molecule has 0 aliphatic carbocycles. The second-order valence-corrected chi connectivity index (χ2v) is 12.6. The zero-order valence-electron chi connectivity index (χ0n) is 19.1. The van der Waals surface area contributed by atoms with Gasteiger partial charge in [-0.2, -0.15) is 5.10 Å². The summed E-state index contributed by atoms with van der Waals surface area (Å²) < 4.78 is 69.6. The molecule has 1 fully saturated rings. The predicted molar refractivity (Wildman–Crippen MR) is 131 cm³/mol. The van der Waals surface area contributed by atoms with E-state index in [4.69, 9.17) is 0 Å². The van der Waals surface area contributed by atoms with Gasteiger partial charge in [0.2, 0.25) is 10.0 Å². The van der Waals surface area contributed by atoms with Crippen LogP contribution in [-0.4, -0.2) is 53.7 Å². The molecule has 0 atom stereocenters. The largest absolute Gasteiger partial charge is 0.269 e. The number of sulfonamides is 1.